The summed E-state index contributed by atoms with van der Waals surface area (Å²) >= 11 is 0. The Balaban J connectivity index is 1.85. The van der Waals surface area contributed by atoms with E-state index in [1.807, 2.05) is 67.6 Å². The van der Waals surface area contributed by atoms with E-state index < -0.39 is 0 Å². The van der Waals surface area contributed by atoms with Crippen LogP contribution in [0.15, 0.2) is 83.7 Å². The second kappa shape index (κ2) is 9.41. The summed E-state index contributed by atoms with van der Waals surface area (Å²) in [6.45, 7) is 6.67. The molecule has 4 aromatic rings. The minimum absolute atomic E-state index is 0.0688. The molecule has 0 aliphatic heterocycles. The quantitative estimate of drug-likeness (QED) is 0.421. The van der Waals surface area contributed by atoms with Crippen molar-refractivity contribution in [1.82, 2.24) is 14.5 Å². The maximum atomic E-state index is 13.7. The van der Waals surface area contributed by atoms with E-state index in [-0.39, 0.29) is 17.5 Å². The van der Waals surface area contributed by atoms with Gasteiger partial charge in [0.1, 0.15) is 5.82 Å². The summed E-state index contributed by atoms with van der Waals surface area (Å²) in [4.78, 5) is 33.1. The molecular weight excluding hydrogens is 410 g/mol. The second-order valence-corrected chi connectivity index (χ2v) is 8.87. The number of hydrogen-bond donors (Lipinski definition) is 0. The number of aryl methyl sites for hydroxylation is 1. The normalized spacial score (nSPS) is 11.3. The molecule has 0 bridgehead atoms. The fraction of sp³-hybridized carbons (Fsp3) is 0.250. The number of aromatic nitrogens is 2. The first-order valence-electron chi connectivity index (χ1n) is 11.2. The van der Waals surface area contributed by atoms with Gasteiger partial charge in [0, 0.05) is 19.2 Å². The molecule has 0 N–H and O–H groups in total. The second-order valence-electron chi connectivity index (χ2n) is 8.87. The zero-order valence-corrected chi connectivity index (χ0v) is 19.5. The molecule has 5 nitrogen and oxygen atoms in total. The molecule has 3 aromatic carbocycles. The largest absolute Gasteiger partial charge is 0.341 e. The van der Waals surface area contributed by atoms with Gasteiger partial charge in [-0.1, -0.05) is 74.5 Å². The van der Waals surface area contributed by atoms with E-state index in [2.05, 4.69) is 13.8 Å². The van der Waals surface area contributed by atoms with Gasteiger partial charge in [-0.05, 0) is 42.2 Å². The molecule has 0 atom stereocenters. The maximum Gasteiger partial charge on any atom is 0.262 e. The Morgan fingerprint density at radius 3 is 2.06 bits per heavy atom. The van der Waals surface area contributed by atoms with Crippen LogP contribution in [0.3, 0.4) is 0 Å². The molecule has 1 aromatic heterocycles. The van der Waals surface area contributed by atoms with Gasteiger partial charge < -0.3 is 4.90 Å². The van der Waals surface area contributed by atoms with Crippen molar-refractivity contribution in [3.8, 4) is 0 Å². The van der Waals surface area contributed by atoms with Gasteiger partial charge in [0.15, 0.2) is 0 Å². The van der Waals surface area contributed by atoms with Crippen LogP contribution >= 0.6 is 0 Å². The van der Waals surface area contributed by atoms with Gasteiger partial charge in [-0.15, -0.1) is 0 Å². The van der Waals surface area contributed by atoms with Gasteiger partial charge in [0.05, 0.1) is 16.9 Å². The van der Waals surface area contributed by atoms with E-state index in [1.54, 1.807) is 34.7 Å². The average Bonchev–Trinajstić information content (AvgIpc) is 2.81. The first kappa shape index (κ1) is 22.5. The third kappa shape index (κ3) is 4.58. The van der Waals surface area contributed by atoms with Gasteiger partial charge >= 0.3 is 0 Å². The number of carbonyl (C=O) groups is 1. The number of amides is 1. The Morgan fingerprint density at radius 2 is 1.52 bits per heavy atom. The molecule has 1 heterocycles. The predicted molar refractivity (Wildman–Crippen MR) is 133 cm³/mol. The predicted octanol–water partition coefficient (Wildman–Crippen LogP) is 5.07. The Hall–Kier alpha value is -3.73. The summed E-state index contributed by atoms with van der Waals surface area (Å²) in [5.74, 6) is 0.908. The number of hydrogen-bond acceptors (Lipinski definition) is 3. The number of carbonyl (C=O) groups excluding carboxylic acids is 1. The van der Waals surface area contributed by atoms with Crippen LogP contribution in [0.5, 0.6) is 0 Å². The molecule has 0 aliphatic carbocycles. The van der Waals surface area contributed by atoms with Crippen LogP contribution < -0.4 is 5.56 Å². The van der Waals surface area contributed by atoms with Gasteiger partial charge in [-0.2, -0.15) is 0 Å². The molecule has 0 fully saturated rings. The van der Waals surface area contributed by atoms with Gasteiger partial charge in [-0.3, -0.25) is 14.2 Å². The van der Waals surface area contributed by atoms with E-state index in [1.165, 1.54) is 0 Å². The lowest BCUT2D eigenvalue weighted by atomic mass is 9.98. The standard InChI is InChI=1S/C28H29N3O2/c1-19(2)18-30(4)27(32)23-15-16-24-25(17-23)29-20(3)31(28(24)33)26(21-11-7-5-8-12-21)22-13-9-6-10-14-22/h5-17,19,26H,18H2,1-4H3. The van der Waals surface area contributed by atoms with Crippen LogP contribution in [0.4, 0.5) is 0 Å². The monoisotopic (exact) mass is 439 g/mol. The average molecular weight is 440 g/mol. The minimum atomic E-state index is -0.296. The highest BCUT2D eigenvalue weighted by molar-refractivity contribution is 5.97. The van der Waals surface area contributed by atoms with Gasteiger partial charge in [0.25, 0.3) is 11.5 Å². The van der Waals surface area contributed by atoms with Crippen LogP contribution in [0.1, 0.15) is 47.2 Å². The first-order chi connectivity index (χ1) is 15.9. The highest BCUT2D eigenvalue weighted by Crippen LogP contribution is 2.27. The summed E-state index contributed by atoms with van der Waals surface area (Å²) in [5.41, 5.74) is 2.98. The topological polar surface area (TPSA) is 55.2 Å². The van der Waals surface area contributed by atoms with Crippen molar-refractivity contribution in [1.29, 1.82) is 0 Å². The lowest BCUT2D eigenvalue weighted by Gasteiger charge is -2.23. The number of nitrogens with zero attached hydrogens (tertiary/aromatic N) is 3. The summed E-state index contributed by atoms with van der Waals surface area (Å²) in [6, 6.07) is 24.8. The summed E-state index contributed by atoms with van der Waals surface area (Å²) in [6.07, 6.45) is 0. The molecule has 33 heavy (non-hydrogen) atoms. The molecule has 4 rings (SSSR count). The van der Waals surface area contributed by atoms with Gasteiger partial charge in [-0.25, -0.2) is 4.98 Å². The van der Waals surface area contributed by atoms with Crippen molar-refractivity contribution in [3.63, 3.8) is 0 Å². The van der Waals surface area contributed by atoms with Crippen molar-refractivity contribution in [2.45, 2.75) is 26.8 Å². The summed E-state index contributed by atoms with van der Waals surface area (Å²) in [5, 5.41) is 0.500. The Morgan fingerprint density at radius 1 is 0.939 bits per heavy atom. The van der Waals surface area contributed by atoms with Crippen molar-refractivity contribution >= 4 is 16.8 Å². The SMILES string of the molecule is Cc1nc2cc(C(=O)N(C)CC(C)C)ccc2c(=O)n1C(c1ccccc1)c1ccccc1. The lowest BCUT2D eigenvalue weighted by Crippen LogP contribution is -2.31. The number of benzene rings is 3. The Labute approximate surface area is 194 Å². The molecule has 5 heteroatoms. The molecule has 0 saturated heterocycles. The van der Waals surface area contributed by atoms with Gasteiger partial charge in [0.2, 0.25) is 0 Å². The summed E-state index contributed by atoms with van der Waals surface area (Å²) in [7, 11) is 1.80. The highest BCUT2D eigenvalue weighted by atomic mass is 16.2. The van der Waals surface area contributed by atoms with Crippen LogP contribution in [-0.4, -0.2) is 34.0 Å². The molecule has 0 aliphatic rings. The van der Waals surface area contributed by atoms with Crippen LogP contribution in [0, 0.1) is 12.8 Å². The molecule has 168 valence electrons. The van der Waals surface area contributed by atoms with E-state index in [0.29, 0.717) is 34.8 Å². The van der Waals surface area contributed by atoms with Crippen LogP contribution in [0.2, 0.25) is 0 Å². The maximum absolute atomic E-state index is 13.7. The third-order valence-electron chi connectivity index (χ3n) is 5.80. The van der Waals surface area contributed by atoms with E-state index >= 15 is 0 Å². The molecule has 0 unspecified atom stereocenters. The van der Waals surface area contributed by atoms with Crippen molar-refractivity contribution in [2.24, 2.45) is 5.92 Å². The fourth-order valence-electron chi connectivity index (χ4n) is 4.36. The molecule has 1 amide bonds. The minimum Gasteiger partial charge on any atom is -0.341 e. The molecule has 0 saturated carbocycles. The van der Waals surface area contributed by atoms with E-state index in [0.717, 1.165) is 11.1 Å². The third-order valence-corrected chi connectivity index (χ3v) is 5.80. The van der Waals surface area contributed by atoms with E-state index in [4.69, 9.17) is 4.98 Å². The Kier molecular flexibility index (Phi) is 6.40. The fourth-order valence-corrected chi connectivity index (χ4v) is 4.36. The first-order valence-corrected chi connectivity index (χ1v) is 11.2. The molecule has 0 radical (unpaired) electrons. The van der Waals surface area contributed by atoms with Crippen molar-refractivity contribution in [2.75, 3.05) is 13.6 Å². The molecular formula is C28H29N3O2. The highest BCUT2D eigenvalue weighted by Gasteiger charge is 2.22. The van der Waals surface area contributed by atoms with E-state index in [9.17, 15) is 9.59 Å². The Bertz CT molecular complexity index is 1290. The smallest absolute Gasteiger partial charge is 0.262 e. The molecule has 0 spiro atoms. The van der Waals surface area contributed by atoms with Crippen molar-refractivity contribution in [3.05, 3.63) is 112 Å². The van der Waals surface area contributed by atoms with Crippen LogP contribution in [-0.2, 0) is 0 Å². The summed E-state index contributed by atoms with van der Waals surface area (Å²) < 4.78 is 1.75. The lowest BCUT2D eigenvalue weighted by molar-refractivity contribution is 0.0779. The number of rotatable bonds is 6. The zero-order chi connectivity index (χ0) is 23.5. The van der Waals surface area contributed by atoms with Crippen molar-refractivity contribution < 1.29 is 4.79 Å². The number of fused-ring (bicyclic) bond motifs is 1. The van der Waals surface area contributed by atoms with Crippen LogP contribution in [0.25, 0.3) is 10.9 Å². The zero-order valence-electron chi connectivity index (χ0n) is 19.5.